The third-order valence-electron chi connectivity index (χ3n) is 5.38. The Kier molecular flexibility index (Phi) is 8.54. The molecule has 0 saturated carbocycles. The van der Waals surface area contributed by atoms with E-state index in [1.165, 1.54) is 5.56 Å². The fourth-order valence-electron chi connectivity index (χ4n) is 3.70. The highest BCUT2D eigenvalue weighted by Crippen LogP contribution is 2.16. The van der Waals surface area contributed by atoms with Gasteiger partial charge in [-0.3, -0.25) is 14.5 Å². The van der Waals surface area contributed by atoms with E-state index < -0.39 is 0 Å². The molecule has 1 aromatic rings. The van der Waals surface area contributed by atoms with Crippen LogP contribution in [0.3, 0.4) is 0 Å². The van der Waals surface area contributed by atoms with Crippen LogP contribution in [0.1, 0.15) is 24.0 Å². The van der Waals surface area contributed by atoms with Crippen LogP contribution < -0.4 is 10.6 Å². The maximum Gasteiger partial charge on any atom is 0.242 e. The van der Waals surface area contributed by atoms with Crippen molar-refractivity contribution in [2.24, 2.45) is 0 Å². The second-order valence-corrected chi connectivity index (χ2v) is 7.33. The van der Waals surface area contributed by atoms with Crippen molar-refractivity contribution in [1.29, 1.82) is 0 Å². The van der Waals surface area contributed by atoms with Gasteiger partial charge in [-0.2, -0.15) is 0 Å². The molecule has 3 rings (SSSR count). The minimum atomic E-state index is -0.0585. The third kappa shape index (κ3) is 6.48. The lowest BCUT2D eigenvalue weighted by Crippen LogP contribution is -2.49. The molecule has 0 radical (unpaired) electrons. The van der Waals surface area contributed by atoms with Crippen LogP contribution in [-0.2, 0) is 16.0 Å². The Labute approximate surface area is 168 Å². The first kappa shape index (κ1) is 21.7. The normalized spacial score (nSPS) is 20.2. The summed E-state index contributed by atoms with van der Waals surface area (Å²) in [6.45, 7) is 7.92. The Morgan fingerprint density at radius 3 is 2.56 bits per heavy atom. The average molecular weight is 395 g/mol. The summed E-state index contributed by atoms with van der Waals surface area (Å²) in [6.07, 6.45) is 2.15. The van der Waals surface area contributed by atoms with Gasteiger partial charge in [-0.1, -0.05) is 29.8 Å². The minimum absolute atomic E-state index is 0. The quantitative estimate of drug-likeness (QED) is 0.754. The van der Waals surface area contributed by atoms with Gasteiger partial charge in [0.05, 0.1) is 6.54 Å². The largest absolute Gasteiger partial charge is 0.347 e. The van der Waals surface area contributed by atoms with Crippen LogP contribution in [0.5, 0.6) is 0 Å². The van der Waals surface area contributed by atoms with Gasteiger partial charge in [0, 0.05) is 51.7 Å². The molecule has 1 unspecified atom stereocenters. The molecule has 2 saturated heterocycles. The Morgan fingerprint density at radius 2 is 1.85 bits per heavy atom. The number of benzene rings is 1. The molecule has 2 aliphatic rings. The number of aryl methyl sites for hydroxylation is 2. The molecule has 2 aliphatic heterocycles. The van der Waals surface area contributed by atoms with E-state index in [1.807, 2.05) is 24.0 Å². The molecule has 0 aromatic heterocycles. The second-order valence-electron chi connectivity index (χ2n) is 7.33. The van der Waals surface area contributed by atoms with Crippen molar-refractivity contribution in [2.45, 2.75) is 32.2 Å². The number of hydrogen-bond acceptors (Lipinski definition) is 4. The van der Waals surface area contributed by atoms with Crippen molar-refractivity contribution in [1.82, 2.24) is 20.4 Å². The highest BCUT2D eigenvalue weighted by molar-refractivity contribution is 5.85. The van der Waals surface area contributed by atoms with Crippen LogP contribution in [0.15, 0.2) is 24.3 Å². The molecule has 1 aromatic carbocycles. The van der Waals surface area contributed by atoms with Crippen molar-refractivity contribution in [3.05, 3.63) is 35.4 Å². The number of halogens is 1. The predicted molar refractivity (Wildman–Crippen MR) is 109 cm³/mol. The lowest BCUT2D eigenvalue weighted by molar-refractivity contribution is -0.132. The number of likely N-dealkylation sites (tertiary alicyclic amines) is 1. The van der Waals surface area contributed by atoms with Crippen molar-refractivity contribution in [3.8, 4) is 0 Å². The summed E-state index contributed by atoms with van der Waals surface area (Å²) in [4.78, 5) is 28.8. The topological polar surface area (TPSA) is 64.7 Å². The second kappa shape index (κ2) is 10.6. The van der Waals surface area contributed by atoms with Crippen LogP contribution in [0.4, 0.5) is 0 Å². The zero-order valence-electron chi connectivity index (χ0n) is 16.1. The summed E-state index contributed by atoms with van der Waals surface area (Å²) in [5.41, 5.74) is 2.36. The number of nitrogens with one attached hydrogen (secondary N) is 2. The monoisotopic (exact) mass is 394 g/mol. The molecule has 150 valence electrons. The molecule has 0 spiro atoms. The Balaban J connectivity index is 0.00000261. The van der Waals surface area contributed by atoms with E-state index >= 15 is 0 Å². The van der Waals surface area contributed by atoms with Crippen LogP contribution in [0, 0.1) is 6.92 Å². The fraction of sp³-hybridized carbons (Fsp3) is 0.600. The van der Waals surface area contributed by atoms with Gasteiger partial charge in [0.2, 0.25) is 11.8 Å². The standard InChI is InChI=1S/C20H30N4O2.ClH/c1-16-2-4-17(5-3-16)6-7-19(25)22-14-20(26)24-11-8-18(15-24)23-12-9-21-10-13-23;/h2-5,18,21H,6-15H2,1H3,(H,22,25);1H. The van der Waals surface area contributed by atoms with Crippen molar-refractivity contribution in [2.75, 3.05) is 45.8 Å². The van der Waals surface area contributed by atoms with E-state index in [4.69, 9.17) is 0 Å². The lowest BCUT2D eigenvalue weighted by atomic mass is 10.1. The zero-order chi connectivity index (χ0) is 18.4. The van der Waals surface area contributed by atoms with Gasteiger partial charge in [0.1, 0.15) is 0 Å². The first-order chi connectivity index (χ1) is 12.6. The van der Waals surface area contributed by atoms with Gasteiger partial charge >= 0.3 is 0 Å². The third-order valence-corrected chi connectivity index (χ3v) is 5.38. The number of hydrogen-bond donors (Lipinski definition) is 2. The molecule has 7 heteroatoms. The van der Waals surface area contributed by atoms with Gasteiger partial charge < -0.3 is 15.5 Å². The lowest BCUT2D eigenvalue weighted by Gasteiger charge is -2.32. The smallest absolute Gasteiger partial charge is 0.242 e. The number of piperazine rings is 1. The summed E-state index contributed by atoms with van der Waals surface area (Å²) in [6, 6.07) is 8.68. The summed E-state index contributed by atoms with van der Waals surface area (Å²) >= 11 is 0. The van der Waals surface area contributed by atoms with E-state index in [1.54, 1.807) is 0 Å². The number of amides is 2. The molecule has 6 nitrogen and oxygen atoms in total. The van der Waals surface area contributed by atoms with Gasteiger partial charge in [-0.25, -0.2) is 0 Å². The van der Waals surface area contributed by atoms with Gasteiger partial charge in [-0.15, -0.1) is 12.4 Å². The van der Waals surface area contributed by atoms with Crippen molar-refractivity contribution < 1.29 is 9.59 Å². The van der Waals surface area contributed by atoms with E-state index in [2.05, 4.69) is 27.7 Å². The highest BCUT2D eigenvalue weighted by atomic mass is 35.5. The molecule has 0 aliphatic carbocycles. The Morgan fingerprint density at radius 1 is 1.15 bits per heavy atom. The molecule has 1 atom stereocenters. The maximum absolute atomic E-state index is 12.4. The first-order valence-corrected chi connectivity index (χ1v) is 9.66. The molecular weight excluding hydrogens is 364 g/mol. The van der Waals surface area contributed by atoms with Crippen molar-refractivity contribution in [3.63, 3.8) is 0 Å². The van der Waals surface area contributed by atoms with Crippen molar-refractivity contribution >= 4 is 24.2 Å². The zero-order valence-corrected chi connectivity index (χ0v) is 16.9. The van der Waals surface area contributed by atoms with Crippen LogP contribution in [0.2, 0.25) is 0 Å². The average Bonchev–Trinajstić information content (AvgIpc) is 3.17. The number of nitrogens with zero attached hydrogens (tertiary/aromatic N) is 2. The number of rotatable bonds is 6. The molecule has 2 heterocycles. The Hall–Kier alpha value is -1.63. The summed E-state index contributed by atoms with van der Waals surface area (Å²) < 4.78 is 0. The molecule has 27 heavy (non-hydrogen) atoms. The molecule has 2 fully saturated rings. The molecule has 0 bridgehead atoms. The van der Waals surface area contributed by atoms with Crippen LogP contribution in [0.25, 0.3) is 0 Å². The SMILES string of the molecule is Cc1ccc(CCC(=O)NCC(=O)N2CCC(N3CCNCC3)C2)cc1.Cl. The number of carbonyl (C=O) groups is 2. The van der Waals surface area contributed by atoms with Crippen LogP contribution >= 0.6 is 12.4 Å². The fourth-order valence-corrected chi connectivity index (χ4v) is 3.70. The van der Waals surface area contributed by atoms with E-state index in [-0.39, 0.29) is 30.8 Å². The van der Waals surface area contributed by atoms with Gasteiger partial charge in [0.25, 0.3) is 0 Å². The van der Waals surface area contributed by atoms with E-state index in [0.29, 0.717) is 18.9 Å². The minimum Gasteiger partial charge on any atom is -0.347 e. The molecule has 2 N–H and O–H groups in total. The van der Waals surface area contributed by atoms with Crippen LogP contribution in [-0.4, -0.2) is 73.5 Å². The van der Waals surface area contributed by atoms with E-state index in [0.717, 1.165) is 51.3 Å². The molecular formula is C20H31ClN4O2. The Bertz CT molecular complexity index is 617. The van der Waals surface area contributed by atoms with E-state index in [9.17, 15) is 9.59 Å². The summed E-state index contributed by atoms with van der Waals surface area (Å²) in [5, 5.41) is 6.14. The highest BCUT2D eigenvalue weighted by Gasteiger charge is 2.30. The van der Waals surface area contributed by atoms with Gasteiger partial charge in [0.15, 0.2) is 0 Å². The predicted octanol–water partition coefficient (Wildman–Crippen LogP) is 0.972. The summed E-state index contributed by atoms with van der Waals surface area (Å²) in [5.74, 6) is -0.0249. The first-order valence-electron chi connectivity index (χ1n) is 9.66. The number of carbonyl (C=O) groups excluding carboxylic acids is 2. The molecule has 2 amide bonds. The maximum atomic E-state index is 12.4. The summed E-state index contributed by atoms with van der Waals surface area (Å²) in [7, 11) is 0. The van der Waals surface area contributed by atoms with Gasteiger partial charge in [-0.05, 0) is 25.3 Å².